The molecule has 11 aromatic heterocycles. The predicted octanol–water partition coefficient (Wildman–Crippen LogP) is 32.2. The second-order valence-electron chi connectivity index (χ2n) is 42.9. The molecule has 0 radical (unpaired) electrons. The molecule has 11 nitrogen and oxygen atoms in total. The first-order chi connectivity index (χ1) is 75.3. The number of aryl methyl sites for hydroxylation is 17. The van der Waals surface area contributed by atoms with E-state index in [1.54, 1.807) is 18.3 Å². The van der Waals surface area contributed by atoms with Gasteiger partial charge in [-0.1, -0.05) is 294 Å². The van der Waals surface area contributed by atoms with Gasteiger partial charge in [-0.25, -0.2) is 0 Å². The van der Waals surface area contributed by atoms with Crippen LogP contribution in [0.1, 0.15) is 173 Å². The van der Waals surface area contributed by atoms with E-state index >= 15 is 0 Å². The second-order valence-corrected chi connectivity index (χ2v) is 42.9. The molecule has 3 aliphatic rings. The van der Waals surface area contributed by atoms with Gasteiger partial charge in [-0.2, -0.15) is 22.8 Å². The van der Waals surface area contributed by atoms with Gasteiger partial charge in [0.25, 0.3) is 0 Å². The smallest absolute Gasteiger partial charge is 0.237 e. The highest BCUT2D eigenvalue weighted by Crippen LogP contribution is 2.48. The van der Waals surface area contributed by atoms with Crippen LogP contribution in [0.4, 0.5) is 0 Å². The molecule has 0 amide bonds. The molecule has 0 spiro atoms. The number of benzene rings is 14. The Morgan fingerprint density at radius 1 is 0.255 bits per heavy atom. The minimum absolute atomic E-state index is 0.287. The lowest BCUT2D eigenvalue weighted by Crippen LogP contribution is -2.32. The lowest BCUT2D eigenvalue weighted by Gasteiger charge is -2.22. The molecule has 0 aliphatic heterocycles. The molecule has 738 valence electrons. The maximum Gasteiger partial charge on any atom is 0.237 e. The quantitative estimate of drug-likeness (QED) is 0.140. The number of hydrogen-bond acceptors (Lipinski definition) is 1. The summed E-state index contributed by atoms with van der Waals surface area (Å²) in [5, 5.41) is 23.2. The van der Waals surface area contributed by atoms with Crippen molar-refractivity contribution in [3.8, 4) is 56.3 Å². The Morgan fingerprint density at radius 3 is 1.03 bits per heavy atom. The van der Waals surface area contributed by atoms with E-state index < -0.39 is 19.6 Å². The van der Waals surface area contributed by atoms with Gasteiger partial charge in [-0.15, -0.1) is 0 Å². The molecule has 11 heterocycles. The van der Waals surface area contributed by atoms with Crippen molar-refractivity contribution < 1.29 is 32.4 Å². The Kier molecular flexibility index (Phi) is 22.8. The predicted molar refractivity (Wildman–Crippen MR) is 627 cm³/mol. The van der Waals surface area contributed by atoms with Crippen molar-refractivity contribution in [2.24, 2.45) is 70.5 Å². The van der Waals surface area contributed by atoms with E-state index in [4.69, 9.17) is 14.6 Å². The van der Waals surface area contributed by atoms with E-state index in [0.29, 0.717) is 10.9 Å². The van der Waals surface area contributed by atoms with Crippen LogP contribution >= 0.6 is 0 Å². The van der Waals surface area contributed by atoms with Gasteiger partial charge in [0.2, 0.25) is 28.5 Å². The minimum atomic E-state index is -2.30. The monoisotopic (exact) mass is 1950 g/mol. The molecule has 0 N–H and O–H groups in total. The lowest BCUT2D eigenvalue weighted by molar-refractivity contribution is -0.659. The van der Waals surface area contributed by atoms with Crippen molar-refractivity contribution in [1.29, 1.82) is 0 Å². The summed E-state index contributed by atoms with van der Waals surface area (Å²) in [5.41, 5.74) is 35.8. The van der Waals surface area contributed by atoms with Crippen LogP contribution in [0.5, 0.6) is 0 Å². The topological polar surface area (TPSA) is 56.9 Å². The second kappa shape index (κ2) is 38.8. The molecule has 0 unspecified atom stereocenters. The van der Waals surface area contributed by atoms with Gasteiger partial charge in [0, 0.05) is 162 Å². The van der Waals surface area contributed by atoms with Crippen molar-refractivity contribution >= 4 is 163 Å². The standard InChI is InChI=1S/2C30H31N2.C29H29N2.C26H25N2.C23H20N3/c2*1-20-9-7-8-12-24(20)29-30-27(17-18-31(29)2)26-16-14-23-19-22(21-10-5-4-6-11-21)13-15-25(23)28(26)32(30)3;1-19-8-4-7-11-23(19)28-29-26(16-17-30(28)2)25-15-13-22-18-21(20-9-5-6-10-20)12-14-24(22)27(25)31(29)3;1-16-10-12-20(17(2)14-16)25-26-23(18(3)15-27(25)4)22-13-11-19-8-6-7-9-21(19)24(22)28(26)5;1-15-8-4-6-10-17(15)22-23-19(12-13-25(22)2)20-21(26(23)3)18-11-7-5-9-16(18)14-24-20/h2*7-9,12-19,21H,4-6,10-11H2,1-3H3;4,7-8,11-18,20H,5-6,9-10H2,1-3H3;6-15H,1-5H3;4-14H,1-3H3/q5*+1/i21D;;;1D3,3D3;. The van der Waals surface area contributed by atoms with Crippen LogP contribution in [0, 0.1) is 48.3 Å². The summed E-state index contributed by atoms with van der Waals surface area (Å²) in [4.78, 5) is 4.82. The Hall–Kier alpha value is -15.7. The van der Waals surface area contributed by atoms with Gasteiger partial charge in [0.15, 0.2) is 31.0 Å². The van der Waals surface area contributed by atoms with Gasteiger partial charge in [0.05, 0.1) is 60.9 Å². The summed E-state index contributed by atoms with van der Waals surface area (Å²) in [6.45, 7) is 6.18. The summed E-state index contributed by atoms with van der Waals surface area (Å²) in [6, 6.07) is 105. The third kappa shape index (κ3) is 16.4. The fourth-order valence-electron chi connectivity index (χ4n) is 26.4. The highest BCUT2D eigenvalue weighted by atomic mass is 15.0. The summed E-state index contributed by atoms with van der Waals surface area (Å²) in [6.07, 6.45) is 30.3. The molecule has 0 atom stereocenters. The zero-order valence-electron chi connectivity index (χ0n) is 95.7. The van der Waals surface area contributed by atoms with Crippen LogP contribution in [-0.2, 0) is 70.5 Å². The maximum absolute atomic E-state index is 9.09. The van der Waals surface area contributed by atoms with Gasteiger partial charge in [0.1, 0.15) is 62.8 Å². The van der Waals surface area contributed by atoms with Crippen molar-refractivity contribution in [2.75, 3.05) is 0 Å². The largest absolute Gasteiger partial charge is 0.338 e. The van der Waals surface area contributed by atoms with Crippen molar-refractivity contribution in [2.45, 2.75) is 156 Å². The van der Waals surface area contributed by atoms with Crippen LogP contribution in [0.3, 0.4) is 0 Å². The van der Waals surface area contributed by atoms with E-state index in [2.05, 4.69) is 399 Å². The number of pyridine rings is 6. The molecule has 149 heavy (non-hydrogen) atoms. The number of aromatic nitrogens is 11. The molecule has 3 aliphatic carbocycles. The third-order valence-electron chi connectivity index (χ3n) is 33.9. The lowest BCUT2D eigenvalue weighted by atomic mass is 9.83. The van der Waals surface area contributed by atoms with Crippen molar-refractivity contribution in [1.82, 2.24) is 27.8 Å². The van der Waals surface area contributed by atoms with E-state index in [1.165, 1.54) is 286 Å². The number of nitrogens with zero attached hydrogens (tertiary/aromatic N) is 11. The third-order valence-corrected chi connectivity index (χ3v) is 33.9. The molecule has 14 aromatic carbocycles. The Bertz CT molecular complexity index is 10100. The van der Waals surface area contributed by atoms with E-state index in [-0.39, 0.29) is 5.56 Å². The summed E-state index contributed by atoms with van der Waals surface area (Å²) < 4.78 is 79.6. The zero-order chi connectivity index (χ0) is 108. The zero-order valence-corrected chi connectivity index (χ0v) is 88.7. The molecule has 0 bridgehead atoms. The molecule has 28 rings (SSSR count). The van der Waals surface area contributed by atoms with Crippen LogP contribution in [0.15, 0.2) is 328 Å². The fraction of sp³-hybridized carbons (Fsp3) is 0.246. The highest BCUT2D eigenvalue weighted by molar-refractivity contribution is 6.24. The number of fused-ring (bicyclic) bond motifs is 25. The van der Waals surface area contributed by atoms with Crippen LogP contribution in [0.25, 0.3) is 219 Å². The van der Waals surface area contributed by atoms with Crippen LogP contribution in [-0.4, -0.2) is 27.8 Å². The van der Waals surface area contributed by atoms with E-state index in [9.17, 15) is 0 Å². The molecule has 3 saturated carbocycles. The van der Waals surface area contributed by atoms with E-state index in [0.717, 1.165) is 74.2 Å². The molecule has 25 aromatic rings. The molecular weight excluding hydrogens is 1810 g/mol. The summed E-state index contributed by atoms with van der Waals surface area (Å²) in [5.74, 6) is 1.06. The Labute approximate surface area is 884 Å². The molecular formula is C138H136N11+5. The van der Waals surface area contributed by atoms with Gasteiger partial charge in [-0.3, -0.25) is 4.98 Å². The average Bonchev–Trinajstić information content (AvgIpc) is 1.55. The maximum atomic E-state index is 9.09. The highest BCUT2D eigenvalue weighted by Gasteiger charge is 2.33. The summed E-state index contributed by atoms with van der Waals surface area (Å²) in [7, 11) is 21.2. The molecule has 3 fully saturated rings. The number of hydrogen-bond donors (Lipinski definition) is 0. The first kappa shape index (κ1) is 87.5. The normalized spacial score (nSPS) is 15.0. The molecule has 0 saturated heterocycles. The van der Waals surface area contributed by atoms with Gasteiger partial charge in [-0.05, 0) is 201 Å². The van der Waals surface area contributed by atoms with Crippen LogP contribution < -0.4 is 22.8 Å². The minimum Gasteiger partial charge on any atom is -0.338 e. The van der Waals surface area contributed by atoms with Crippen LogP contribution in [0.2, 0.25) is 0 Å². The summed E-state index contributed by atoms with van der Waals surface area (Å²) >= 11 is 0. The van der Waals surface area contributed by atoms with Gasteiger partial charge >= 0.3 is 0 Å². The SMILES string of the molecule is Cc1ccccc1-c1c2c(cc[n+]1C)c1ccc3cc(C4CCCC4)ccc3c1n2C.Cc1ccccc1-c1c2c(cc[n+]1C)c1ccc3cc(C4CCCCC4)ccc3c1n2C.Cc1ccccc1-c1c2c(cc[n+]1C)c1ncc3ccccc3c1n2C.[2H]C([2H])([2H])c1ccc(-c2c3c(c(C([2H])([2H])[2H])c[n+]2C)c2ccc4ccccc4c2n3C)c(C)c1.[2H]C1(c2ccc3c(ccc4c5cc[n+](C)c(-c6ccccc6C)c5n(C)c34)c2)CCCCC1. The first-order valence-corrected chi connectivity index (χ1v) is 53.6. The first-order valence-electron chi connectivity index (χ1n) is 57.1. The fourth-order valence-corrected chi connectivity index (χ4v) is 26.4. The van der Waals surface area contributed by atoms with Crippen molar-refractivity contribution in [3.05, 3.63) is 384 Å². The molecule has 11 heteroatoms. The Morgan fingerprint density at radius 2 is 0.584 bits per heavy atom. The Balaban J connectivity index is 0.000000103. The van der Waals surface area contributed by atoms with E-state index in [1.807, 2.05) is 62.1 Å². The van der Waals surface area contributed by atoms with Crippen molar-refractivity contribution in [3.63, 3.8) is 0 Å². The average molecular weight is 1960 g/mol. The number of rotatable bonds is 8. The van der Waals surface area contributed by atoms with Gasteiger partial charge < -0.3 is 22.8 Å².